The van der Waals surface area contributed by atoms with Crippen LogP contribution in [-0.4, -0.2) is 76.3 Å². The quantitative estimate of drug-likeness (QED) is 0.451. The van der Waals surface area contributed by atoms with Gasteiger partial charge >= 0.3 is 0 Å². The highest BCUT2D eigenvalue weighted by Crippen LogP contribution is 2.35. The minimum absolute atomic E-state index is 0.316. The highest BCUT2D eigenvalue weighted by Gasteiger charge is 2.25. The molecule has 3 aromatic heterocycles. The van der Waals surface area contributed by atoms with Crippen molar-refractivity contribution in [3.05, 3.63) is 47.7 Å². The molecule has 1 unspecified atom stereocenters. The molecular weight excluding hydrogens is 464 g/mol. The summed E-state index contributed by atoms with van der Waals surface area (Å²) < 4.78 is 5.52. The smallest absolute Gasteiger partial charge is 0.143 e. The molecule has 0 spiro atoms. The van der Waals surface area contributed by atoms with Gasteiger partial charge < -0.3 is 25.7 Å². The van der Waals surface area contributed by atoms with Crippen LogP contribution in [0, 0.1) is 0 Å². The molecule has 3 aliphatic rings. The van der Waals surface area contributed by atoms with E-state index >= 15 is 0 Å². The normalized spacial score (nSPS) is 25.5. The zero-order chi connectivity index (χ0) is 25.0. The maximum atomic E-state index is 6.16. The number of nitrogens with zero attached hydrogens (tertiary/aromatic N) is 5. The number of aromatic nitrogens is 4. The summed E-state index contributed by atoms with van der Waals surface area (Å²) in [4.78, 5) is 22.2. The van der Waals surface area contributed by atoms with Crippen molar-refractivity contribution < 1.29 is 4.74 Å². The Kier molecular flexibility index (Phi) is 7.64. The van der Waals surface area contributed by atoms with E-state index in [2.05, 4.69) is 53.3 Å². The van der Waals surface area contributed by atoms with Gasteiger partial charge in [0.25, 0.3) is 0 Å². The molecule has 4 N–H and O–H groups in total. The molecule has 0 radical (unpaired) electrons. The Balaban J connectivity index is 1.02. The summed E-state index contributed by atoms with van der Waals surface area (Å²) in [5, 5.41) is 4.92. The molecule has 0 amide bonds. The van der Waals surface area contributed by atoms with Gasteiger partial charge in [-0.25, -0.2) is 9.97 Å². The van der Waals surface area contributed by atoms with Crippen LogP contribution < -0.4 is 16.0 Å². The number of rotatable bonds is 7. The molecule has 37 heavy (non-hydrogen) atoms. The molecule has 9 heteroatoms. The molecule has 3 fully saturated rings. The molecule has 1 aliphatic carbocycles. The first-order valence-electron chi connectivity index (χ1n) is 14.0. The third kappa shape index (κ3) is 5.95. The van der Waals surface area contributed by atoms with Crippen molar-refractivity contribution in [1.29, 1.82) is 0 Å². The molecule has 9 nitrogen and oxygen atoms in total. The number of morpholine rings is 1. The van der Waals surface area contributed by atoms with Gasteiger partial charge in [0.15, 0.2) is 0 Å². The molecule has 2 saturated heterocycles. The first-order valence-corrected chi connectivity index (χ1v) is 14.0. The van der Waals surface area contributed by atoms with E-state index in [1.165, 1.54) is 43.4 Å². The Morgan fingerprint density at radius 1 is 1.03 bits per heavy atom. The number of pyridine rings is 1. The standard InChI is InChI=1S/C28H40N8O/c29-22-2-1-9-35(18-22)17-20-7-8-30-24(14-20)16-31-23-5-3-21(4-6-23)26-15-25-27(34-26)32-19-33-28(25)36-10-12-37-13-11-36/h7-8,14-15,19,21-23,31H,1-6,9-13,16-18,29H2,(H,32,33,34). The van der Waals surface area contributed by atoms with Gasteiger partial charge in [0.2, 0.25) is 0 Å². The molecule has 0 aromatic carbocycles. The summed E-state index contributed by atoms with van der Waals surface area (Å²) in [5.41, 5.74) is 10.9. The van der Waals surface area contributed by atoms with Crippen LogP contribution in [0.2, 0.25) is 0 Å². The van der Waals surface area contributed by atoms with Crippen molar-refractivity contribution in [2.24, 2.45) is 5.73 Å². The first kappa shape index (κ1) is 24.7. The lowest BCUT2D eigenvalue weighted by Crippen LogP contribution is -2.42. The second-order valence-corrected chi connectivity index (χ2v) is 11.0. The SMILES string of the molecule is NC1CCCN(Cc2ccnc(CNC3CCC(c4cc5c(N6CCOCC6)ncnc5[nH]4)CC3)c2)C1. The number of likely N-dealkylation sites (tertiary alicyclic amines) is 1. The number of nitrogens with two attached hydrogens (primary N) is 1. The maximum Gasteiger partial charge on any atom is 0.143 e. The van der Waals surface area contributed by atoms with Crippen LogP contribution in [-0.2, 0) is 17.8 Å². The average Bonchev–Trinajstić information content (AvgIpc) is 3.38. The Hall–Kier alpha value is -2.59. The average molecular weight is 505 g/mol. The second-order valence-electron chi connectivity index (χ2n) is 11.0. The topological polar surface area (TPSA) is 108 Å². The number of anilines is 1. The van der Waals surface area contributed by atoms with Gasteiger partial charge in [-0.3, -0.25) is 9.88 Å². The van der Waals surface area contributed by atoms with E-state index in [4.69, 9.17) is 10.5 Å². The number of fused-ring (bicyclic) bond motifs is 1. The van der Waals surface area contributed by atoms with Crippen molar-refractivity contribution in [3.8, 4) is 0 Å². The van der Waals surface area contributed by atoms with Crippen molar-refractivity contribution >= 4 is 16.9 Å². The highest BCUT2D eigenvalue weighted by molar-refractivity contribution is 5.88. The van der Waals surface area contributed by atoms with E-state index in [9.17, 15) is 0 Å². The third-order valence-electron chi connectivity index (χ3n) is 8.30. The Morgan fingerprint density at radius 2 is 1.89 bits per heavy atom. The van der Waals surface area contributed by atoms with Crippen LogP contribution in [0.4, 0.5) is 5.82 Å². The Labute approximate surface area is 219 Å². The number of H-pyrrole nitrogens is 1. The zero-order valence-electron chi connectivity index (χ0n) is 21.7. The fourth-order valence-electron chi connectivity index (χ4n) is 6.27. The molecule has 5 heterocycles. The van der Waals surface area contributed by atoms with Gasteiger partial charge in [0, 0.05) is 56.7 Å². The first-order chi connectivity index (χ1) is 18.2. The minimum Gasteiger partial charge on any atom is -0.378 e. The van der Waals surface area contributed by atoms with Gasteiger partial charge in [-0.15, -0.1) is 0 Å². The fraction of sp³-hybridized carbons (Fsp3) is 0.607. The van der Waals surface area contributed by atoms with Gasteiger partial charge in [-0.2, -0.15) is 0 Å². The molecule has 1 saturated carbocycles. The molecule has 2 aliphatic heterocycles. The summed E-state index contributed by atoms with van der Waals surface area (Å²) in [6, 6.07) is 7.55. The van der Waals surface area contributed by atoms with Gasteiger partial charge in [-0.1, -0.05) is 0 Å². The molecule has 3 aromatic rings. The van der Waals surface area contributed by atoms with E-state index in [1.54, 1.807) is 6.33 Å². The summed E-state index contributed by atoms with van der Waals surface area (Å²) in [6.07, 6.45) is 10.7. The molecular formula is C28H40N8O. The van der Waals surface area contributed by atoms with E-state index in [1.807, 2.05) is 6.20 Å². The van der Waals surface area contributed by atoms with Crippen molar-refractivity contribution in [3.63, 3.8) is 0 Å². The fourth-order valence-corrected chi connectivity index (χ4v) is 6.27. The van der Waals surface area contributed by atoms with Gasteiger partial charge in [-0.05, 0) is 74.8 Å². The molecule has 6 rings (SSSR count). The van der Waals surface area contributed by atoms with Crippen LogP contribution in [0.3, 0.4) is 0 Å². The second kappa shape index (κ2) is 11.4. The van der Waals surface area contributed by atoms with E-state index in [-0.39, 0.29) is 0 Å². The number of piperidine rings is 1. The minimum atomic E-state index is 0.316. The van der Waals surface area contributed by atoms with Gasteiger partial charge in [0.05, 0.1) is 24.3 Å². The number of aromatic amines is 1. The largest absolute Gasteiger partial charge is 0.378 e. The van der Waals surface area contributed by atoms with Gasteiger partial charge in [0.1, 0.15) is 17.8 Å². The van der Waals surface area contributed by atoms with E-state index in [0.717, 1.165) is 81.4 Å². The third-order valence-corrected chi connectivity index (χ3v) is 8.30. The number of hydrogen-bond acceptors (Lipinski definition) is 8. The molecule has 198 valence electrons. The predicted octanol–water partition coefficient (Wildman–Crippen LogP) is 2.93. The lowest BCUT2D eigenvalue weighted by molar-refractivity contribution is 0.122. The van der Waals surface area contributed by atoms with E-state index in [0.29, 0.717) is 18.0 Å². The number of ether oxygens (including phenoxy) is 1. The predicted molar refractivity (Wildman–Crippen MR) is 145 cm³/mol. The molecule has 0 bridgehead atoms. The van der Waals surface area contributed by atoms with Crippen LogP contribution in [0.15, 0.2) is 30.7 Å². The van der Waals surface area contributed by atoms with Crippen LogP contribution in [0.1, 0.15) is 61.4 Å². The van der Waals surface area contributed by atoms with Crippen molar-refractivity contribution in [1.82, 2.24) is 30.2 Å². The summed E-state index contributed by atoms with van der Waals surface area (Å²) in [6.45, 7) is 7.21. The lowest BCUT2D eigenvalue weighted by Gasteiger charge is -2.30. The Morgan fingerprint density at radius 3 is 2.73 bits per heavy atom. The monoisotopic (exact) mass is 504 g/mol. The number of hydrogen-bond donors (Lipinski definition) is 3. The maximum absolute atomic E-state index is 6.16. The van der Waals surface area contributed by atoms with Crippen LogP contribution in [0.25, 0.3) is 11.0 Å². The summed E-state index contributed by atoms with van der Waals surface area (Å²) in [5.74, 6) is 1.58. The summed E-state index contributed by atoms with van der Waals surface area (Å²) >= 11 is 0. The zero-order valence-corrected chi connectivity index (χ0v) is 21.7. The molecule has 1 atom stereocenters. The lowest BCUT2D eigenvalue weighted by atomic mass is 9.84. The highest BCUT2D eigenvalue weighted by atomic mass is 16.5. The van der Waals surface area contributed by atoms with Crippen molar-refractivity contribution in [2.45, 2.75) is 69.6 Å². The van der Waals surface area contributed by atoms with Crippen molar-refractivity contribution in [2.75, 3.05) is 44.3 Å². The Bertz CT molecular complexity index is 1170. The summed E-state index contributed by atoms with van der Waals surface area (Å²) in [7, 11) is 0. The van der Waals surface area contributed by atoms with Crippen LogP contribution >= 0.6 is 0 Å². The number of nitrogens with one attached hydrogen (secondary N) is 2. The van der Waals surface area contributed by atoms with Crippen LogP contribution in [0.5, 0.6) is 0 Å². The van der Waals surface area contributed by atoms with E-state index < -0.39 is 0 Å².